The van der Waals surface area contributed by atoms with Crippen molar-refractivity contribution in [1.29, 1.82) is 0 Å². The zero-order valence-electron chi connectivity index (χ0n) is 12.5. The summed E-state index contributed by atoms with van der Waals surface area (Å²) in [6.45, 7) is 6.63. The van der Waals surface area contributed by atoms with E-state index in [1.54, 1.807) is 11.0 Å². The van der Waals surface area contributed by atoms with Crippen LogP contribution in [0.4, 0.5) is 0 Å². The Hall–Kier alpha value is -2.32. The number of nitrogens with one attached hydrogen (secondary N) is 1. The van der Waals surface area contributed by atoms with Gasteiger partial charge in [-0.2, -0.15) is 0 Å². The van der Waals surface area contributed by atoms with Gasteiger partial charge in [0.05, 0.1) is 6.04 Å². The summed E-state index contributed by atoms with van der Waals surface area (Å²) in [5.74, 6) is 0.743. The van der Waals surface area contributed by atoms with Gasteiger partial charge >= 0.3 is 0 Å². The Balaban J connectivity index is 1.80. The Morgan fingerprint density at radius 1 is 1.29 bits per heavy atom. The van der Waals surface area contributed by atoms with Gasteiger partial charge in [-0.15, -0.1) is 15.3 Å². The van der Waals surface area contributed by atoms with Gasteiger partial charge in [0.2, 0.25) is 5.91 Å². The molecule has 9 nitrogen and oxygen atoms in total. The number of carbonyl (C=O) groups is 1. The van der Waals surface area contributed by atoms with Crippen molar-refractivity contribution < 1.29 is 4.79 Å². The summed E-state index contributed by atoms with van der Waals surface area (Å²) in [6.07, 6.45) is 4.31. The molecule has 0 aliphatic rings. The van der Waals surface area contributed by atoms with Crippen molar-refractivity contribution in [1.82, 2.24) is 40.3 Å². The smallest absolute Gasteiger partial charge is 0.220 e. The van der Waals surface area contributed by atoms with Crippen LogP contribution in [0.25, 0.3) is 0 Å². The molecular formula is C12H20N8O. The van der Waals surface area contributed by atoms with Crippen molar-refractivity contribution in [3.63, 3.8) is 0 Å². The lowest BCUT2D eigenvalue weighted by Gasteiger charge is -2.16. The van der Waals surface area contributed by atoms with E-state index in [9.17, 15) is 4.79 Å². The molecule has 21 heavy (non-hydrogen) atoms. The minimum atomic E-state index is -0.171. The molecule has 1 N–H and O–H groups in total. The molecule has 114 valence electrons. The Kier molecular flexibility index (Phi) is 4.96. The third kappa shape index (κ3) is 4.07. The van der Waals surface area contributed by atoms with Crippen molar-refractivity contribution in [3.05, 3.63) is 18.5 Å². The second kappa shape index (κ2) is 6.91. The Labute approximate surface area is 122 Å². The van der Waals surface area contributed by atoms with E-state index >= 15 is 0 Å². The van der Waals surface area contributed by atoms with Gasteiger partial charge in [-0.05, 0) is 37.6 Å². The van der Waals surface area contributed by atoms with E-state index in [2.05, 4.69) is 31.0 Å². The summed E-state index contributed by atoms with van der Waals surface area (Å²) in [5, 5.41) is 21.7. The Morgan fingerprint density at radius 3 is 2.76 bits per heavy atom. The third-order valence-corrected chi connectivity index (χ3v) is 3.10. The van der Waals surface area contributed by atoms with Crippen LogP contribution in [0.3, 0.4) is 0 Å². The first-order chi connectivity index (χ1) is 10.1. The van der Waals surface area contributed by atoms with Crippen molar-refractivity contribution in [3.8, 4) is 0 Å². The molecule has 1 atom stereocenters. The number of carbonyl (C=O) groups excluding carboxylic acids is 1. The van der Waals surface area contributed by atoms with E-state index in [1.807, 2.05) is 25.3 Å². The predicted molar refractivity (Wildman–Crippen MR) is 74.0 cm³/mol. The number of hydrogen-bond donors (Lipinski definition) is 1. The standard InChI is InChI=1S/C12H20N8O/c1-9(2)20-8-13-16-12(20)10(3)15-11(21)5-4-6-19-7-14-17-18-19/h7-10H,4-6H2,1-3H3,(H,15,21)/t10-/m1/s1. The molecule has 0 unspecified atom stereocenters. The summed E-state index contributed by atoms with van der Waals surface area (Å²) in [5.41, 5.74) is 0. The molecule has 0 radical (unpaired) electrons. The highest BCUT2D eigenvalue weighted by atomic mass is 16.1. The third-order valence-electron chi connectivity index (χ3n) is 3.10. The van der Waals surface area contributed by atoms with E-state index in [0.29, 0.717) is 19.4 Å². The van der Waals surface area contributed by atoms with Crippen LogP contribution in [0.15, 0.2) is 12.7 Å². The lowest BCUT2D eigenvalue weighted by atomic mass is 10.2. The van der Waals surface area contributed by atoms with Gasteiger partial charge < -0.3 is 9.88 Å². The molecule has 0 fully saturated rings. The van der Waals surface area contributed by atoms with Crippen molar-refractivity contribution in [2.75, 3.05) is 0 Å². The maximum absolute atomic E-state index is 11.9. The molecule has 2 rings (SSSR count). The Morgan fingerprint density at radius 2 is 2.10 bits per heavy atom. The fourth-order valence-electron chi connectivity index (χ4n) is 2.02. The van der Waals surface area contributed by atoms with E-state index in [-0.39, 0.29) is 18.0 Å². The SMILES string of the molecule is CC(C)n1cnnc1[C@@H](C)NC(=O)CCCn1cnnn1. The summed E-state index contributed by atoms with van der Waals surface area (Å²) in [4.78, 5) is 11.9. The average Bonchev–Trinajstić information content (AvgIpc) is 3.09. The van der Waals surface area contributed by atoms with Crippen LogP contribution in [0, 0.1) is 0 Å². The second-order valence-corrected chi connectivity index (χ2v) is 5.16. The fraction of sp³-hybridized carbons (Fsp3) is 0.667. The predicted octanol–water partition coefficient (Wildman–Crippen LogP) is 0.503. The van der Waals surface area contributed by atoms with E-state index in [1.165, 1.54) is 6.33 Å². The molecule has 0 saturated heterocycles. The van der Waals surface area contributed by atoms with Gasteiger partial charge in [-0.1, -0.05) is 0 Å². The summed E-state index contributed by atoms with van der Waals surface area (Å²) in [6, 6.07) is 0.0876. The molecule has 0 saturated carbocycles. The molecule has 9 heteroatoms. The number of aryl methyl sites for hydroxylation is 1. The second-order valence-electron chi connectivity index (χ2n) is 5.16. The first-order valence-electron chi connectivity index (χ1n) is 6.97. The summed E-state index contributed by atoms with van der Waals surface area (Å²) < 4.78 is 3.55. The highest BCUT2D eigenvalue weighted by Crippen LogP contribution is 2.14. The number of rotatable bonds is 7. The van der Waals surface area contributed by atoms with Gasteiger partial charge in [0.25, 0.3) is 0 Å². The maximum atomic E-state index is 11.9. The molecule has 0 aliphatic carbocycles. The first-order valence-corrected chi connectivity index (χ1v) is 6.97. The number of aromatic nitrogens is 7. The van der Waals surface area contributed by atoms with Crippen molar-refractivity contribution in [2.24, 2.45) is 0 Å². The van der Waals surface area contributed by atoms with Crippen LogP contribution >= 0.6 is 0 Å². The molecule has 1 amide bonds. The van der Waals surface area contributed by atoms with Crippen LogP contribution in [-0.4, -0.2) is 40.9 Å². The quantitative estimate of drug-likeness (QED) is 0.797. The largest absolute Gasteiger partial charge is 0.346 e. The van der Waals surface area contributed by atoms with Crippen molar-refractivity contribution in [2.45, 2.75) is 52.2 Å². The van der Waals surface area contributed by atoms with Crippen molar-refractivity contribution >= 4 is 5.91 Å². The summed E-state index contributed by atoms with van der Waals surface area (Å²) in [7, 11) is 0. The zero-order chi connectivity index (χ0) is 15.2. The van der Waals surface area contributed by atoms with Gasteiger partial charge in [0.1, 0.15) is 12.7 Å². The molecule has 0 aliphatic heterocycles. The topological polar surface area (TPSA) is 103 Å². The highest BCUT2D eigenvalue weighted by Gasteiger charge is 2.16. The lowest BCUT2D eigenvalue weighted by Crippen LogP contribution is -2.29. The number of nitrogens with zero attached hydrogens (tertiary/aromatic N) is 7. The van der Waals surface area contributed by atoms with Crippen LogP contribution in [0.5, 0.6) is 0 Å². The van der Waals surface area contributed by atoms with Crippen LogP contribution < -0.4 is 5.32 Å². The molecule has 2 heterocycles. The van der Waals surface area contributed by atoms with Gasteiger partial charge in [0.15, 0.2) is 5.82 Å². The zero-order valence-corrected chi connectivity index (χ0v) is 12.5. The van der Waals surface area contributed by atoms with Gasteiger partial charge in [-0.3, -0.25) is 4.79 Å². The van der Waals surface area contributed by atoms with Crippen LogP contribution in [-0.2, 0) is 11.3 Å². The minimum Gasteiger partial charge on any atom is -0.346 e. The average molecular weight is 292 g/mol. The van der Waals surface area contributed by atoms with E-state index in [4.69, 9.17) is 0 Å². The molecule has 2 aromatic rings. The maximum Gasteiger partial charge on any atom is 0.220 e. The van der Waals surface area contributed by atoms with Crippen LogP contribution in [0.1, 0.15) is 51.5 Å². The summed E-state index contributed by atoms with van der Waals surface area (Å²) >= 11 is 0. The molecule has 0 bridgehead atoms. The molecule has 2 aromatic heterocycles. The normalized spacial score (nSPS) is 12.6. The van der Waals surface area contributed by atoms with Crippen LogP contribution in [0.2, 0.25) is 0 Å². The van der Waals surface area contributed by atoms with E-state index < -0.39 is 0 Å². The first kappa shape index (κ1) is 15.1. The molecular weight excluding hydrogens is 272 g/mol. The highest BCUT2D eigenvalue weighted by molar-refractivity contribution is 5.76. The Bertz CT molecular complexity index is 562. The van der Waals surface area contributed by atoms with Gasteiger partial charge in [-0.25, -0.2) is 4.68 Å². The number of hydrogen-bond acceptors (Lipinski definition) is 6. The molecule has 0 spiro atoms. The molecule has 0 aromatic carbocycles. The fourth-order valence-corrected chi connectivity index (χ4v) is 2.02. The van der Waals surface area contributed by atoms with Gasteiger partial charge in [0, 0.05) is 19.0 Å². The number of tetrazole rings is 1. The lowest BCUT2D eigenvalue weighted by molar-refractivity contribution is -0.121. The van der Waals surface area contributed by atoms with E-state index in [0.717, 1.165) is 5.82 Å². The number of amides is 1. The minimum absolute atomic E-state index is 0.0196. The monoisotopic (exact) mass is 292 g/mol.